The van der Waals surface area contributed by atoms with Crippen LogP contribution in [-0.4, -0.2) is 4.98 Å². The number of nitrogens with zero attached hydrogens (tertiary/aromatic N) is 1. The molecule has 0 N–H and O–H groups in total. The molecule has 148 valence electrons. The highest BCUT2D eigenvalue weighted by Crippen LogP contribution is 2.42. The van der Waals surface area contributed by atoms with Gasteiger partial charge in [0.05, 0.1) is 5.69 Å². The molecule has 1 heteroatoms. The van der Waals surface area contributed by atoms with E-state index in [1.165, 1.54) is 22.3 Å². The number of benzene rings is 3. The third kappa shape index (κ3) is 3.45. The molecule has 30 heavy (non-hydrogen) atoms. The molecule has 0 fully saturated rings. The fourth-order valence-electron chi connectivity index (χ4n) is 4.36. The Morgan fingerprint density at radius 1 is 0.800 bits per heavy atom. The molecule has 0 radical (unpaired) electrons. The monoisotopic (exact) mass is 391 g/mol. The van der Waals surface area contributed by atoms with E-state index < -0.39 is 11.8 Å². The minimum Gasteiger partial charge on any atom is -0.256 e. The van der Waals surface area contributed by atoms with E-state index >= 15 is 0 Å². The van der Waals surface area contributed by atoms with Gasteiger partial charge in [-0.1, -0.05) is 93.6 Å². The van der Waals surface area contributed by atoms with Crippen molar-refractivity contribution >= 4 is 0 Å². The van der Waals surface area contributed by atoms with Gasteiger partial charge in [0.25, 0.3) is 0 Å². The highest BCUT2D eigenvalue weighted by atomic mass is 14.7. The van der Waals surface area contributed by atoms with E-state index in [0.29, 0.717) is 5.56 Å². The maximum Gasteiger partial charge on any atom is 0.0708 e. The fraction of sp³-hybridized carbons (Fsp3) is 0.207. The number of hydrogen-bond acceptors (Lipinski definition) is 1. The highest BCUT2D eigenvalue weighted by Gasteiger charge is 2.23. The molecule has 1 aliphatic rings. The Morgan fingerprint density at radius 3 is 2.30 bits per heavy atom. The number of rotatable bonds is 3. The van der Waals surface area contributed by atoms with Crippen LogP contribution in [0.15, 0.2) is 85.1 Å². The molecule has 1 nitrogen and oxygen atoms in total. The molecule has 0 atom stereocenters. The van der Waals surface area contributed by atoms with Gasteiger partial charge in [-0.2, -0.15) is 0 Å². The Morgan fingerprint density at radius 2 is 1.50 bits per heavy atom. The Balaban J connectivity index is 1.71. The molecule has 0 unspecified atom stereocenters. The predicted molar refractivity (Wildman–Crippen MR) is 127 cm³/mol. The van der Waals surface area contributed by atoms with Gasteiger partial charge in [-0.15, -0.1) is 0 Å². The second-order valence-electron chi connectivity index (χ2n) is 9.02. The first-order valence-electron chi connectivity index (χ1n) is 11.5. The first-order valence-corrected chi connectivity index (χ1v) is 10.5. The van der Waals surface area contributed by atoms with Crippen LogP contribution in [0.4, 0.5) is 0 Å². The van der Waals surface area contributed by atoms with Gasteiger partial charge >= 0.3 is 0 Å². The normalized spacial score (nSPS) is 14.0. The molecular formula is C29H27N. The van der Waals surface area contributed by atoms with Crippen LogP contribution >= 0.6 is 0 Å². The van der Waals surface area contributed by atoms with Gasteiger partial charge in [0, 0.05) is 20.1 Å². The lowest BCUT2D eigenvalue weighted by Crippen LogP contribution is -2.10. The lowest BCUT2D eigenvalue weighted by molar-refractivity contribution is 0.411. The second-order valence-corrected chi connectivity index (χ2v) is 9.02. The second kappa shape index (κ2) is 7.25. The van der Waals surface area contributed by atoms with Crippen molar-refractivity contribution in [3.8, 4) is 33.5 Å². The smallest absolute Gasteiger partial charge is 0.0708 e. The summed E-state index contributed by atoms with van der Waals surface area (Å²) in [4.78, 5) is 4.86. The summed E-state index contributed by atoms with van der Waals surface area (Å²) >= 11 is 0. The van der Waals surface area contributed by atoms with Gasteiger partial charge < -0.3 is 0 Å². The van der Waals surface area contributed by atoms with E-state index in [4.69, 9.17) is 7.73 Å². The van der Waals surface area contributed by atoms with E-state index in [9.17, 15) is 0 Å². The molecule has 3 aromatic carbocycles. The maximum atomic E-state index is 9.07. The summed E-state index contributed by atoms with van der Waals surface area (Å²) in [6.07, 6.45) is 1.20. The molecule has 1 aliphatic carbocycles. The zero-order valence-electron chi connectivity index (χ0n) is 19.7. The topological polar surface area (TPSA) is 12.9 Å². The molecule has 4 aromatic rings. The summed E-state index contributed by atoms with van der Waals surface area (Å²) in [5, 5.41) is 0. The maximum absolute atomic E-state index is 9.07. The minimum atomic E-state index is -1.53. The zero-order chi connectivity index (χ0) is 22.5. The van der Waals surface area contributed by atoms with Crippen molar-refractivity contribution in [3.63, 3.8) is 0 Å². The Bertz CT molecular complexity index is 1300. The largest absolute Gasteiger partial charge is 0.256 e. The molecule has 0 aliphatic heterocycles. The molecule has 0 bridgehead atoms. The first-order chi connectivity index (χ1) is 15.3. The van der Waals surface area contributed by atoms with Crippen LogP contribution in [0.5, 0.6) is 0 Å². The average Bonchev–Trinajstić information content (AvgIpc) is 3.17. The van der Waals surface area contributed by atoms with E-state index in [2.05, 4.69) is 42.5 Å². The van der Waals surface area contributed by atoms with Gasteiger partial charge in [-0.05, 0) is 57.7 Å². The van der Waals surface area contributed by atoms with E-state index in [1.54, 1.807) is 0 Å². The van der Waals surface area contributed by atoms with Crippen molar-refractivity contribution in [2.24, 2.45) is 5.41 Å². The van der Waals surface area contributed by atoms with Crippen molar-refractivity contribution < 1.29 is 2.74 Å². The van der Waals surface area contributed by atoms with Gasteiger partial charge in [-0.3, -0.25) is 4.98 Å². The summed E-state index contributed by atoms with van der Waals surface area (Å²) in [7, 11) is 0. The number of fused-ring (bicyclic) bond motifs is 3. The van der Waals surface area contributed by atoms with Crippen LogP contribution in [0.2, 0.25) is 0 Å². The van der Waals surface area contributed by atoms with E-state index in [0.717, 1.165) is 28.8 Å². The van der Waals surface area contributed by atoms with Crippen molar-refractivity contribution in [2.45, 2.75) is 33.6 Å². The fourth-order valence-corrected chi connectivity index (χ4v) is 4.36. The van der Waals surface area contributed by atoms with Crippen LogP contribution in [0, 0.1) is 5.41 Å². The summed E-state index contributed by atoms with van der Waals surface area (Å²) < 4.78 is 18.1. The summed E-state index contributed by atoms with van der Waals surface area (Å²) in [5.41, 5.74) is 9.03. The van der Waals surface area contributed by atoms with Crippen molar-refractivity contribution in [1.29, 1.82) is 0 Å². The molecule has 0 saturated carbocycles. The Kier molecular flexibility index (Phi) is 4.01. The Labute approximate surface area is 182 Å². The third-order valence-electron chi connectivity index (χ3n) is 5.63. The van der Waals surface area contributed by atoms with E-state index in [-0.39, 0.29) is 0 Å². The van der Waals surface area contributed by atoms with Crippen LogP contribution in [-0.2, 0) is 12.8 Å². The highest BCUT2D eigenvalue weighted by molar-refractivity contribution is 5.84. The molecule has 0 amide bonds. The SMILES string of the molecule is [2H]C([2H])(c1cc(-c2cccc3c2Cc2ccccc2-3)ncc1-c1ccccc1)C(C)(C)C. The number of hydrogen-bond donors (Lipinski definition) is 0. The molecule has 0 saturated heterocycles. The molecular weight excluding hydrogens is 362 g/mol. The van der Waals surface area contributed by atoms with Gasteiger partial charge in [0.2, 0.25) is 0 Å². The van der Waals surface area contributed by atoms with Crippen molar-refractivity contribution in [1.82, 2.24) is 4.98 Å². The zero-order valence-corrected chi connectivity index (χ0v) is 17.7. The first kappa shape index (κ1) is 16.6. The van der Waals surface area contributed by atoms with Crippen molar-refractivity contribution in [3.05, 3.63) is 102 Å². The minimum absolute atomic E-state index is 0.565. The summed E-state index contributed by atoms with van der Waals surface area (Å²) in [5.74, 6) is 0. The average molecular weight is 392 g/mol. The lowest BCUT2D eigenvalue weighted by atomic mass is 9.84. The summed E-state index contributed by atoms with van der Waals surface area (Å²) in [6.45, 7) is 5.87. The summed E-state index contributed by atoms with van der Waals surface area (Å²) in [6, 6.07) is 26.9. The number of pyridine rings is 1. The van der Waals surface area contributed by atoms with Gasteiger partial charge in [0.15, 0.2) is 0 Å². The number of aromatic nitrogens is 1. The Hall–Kier alpha value is -3.19. The third-order valence-corrected chi connectivity index (χ3v) is 5.63. The van der Waals surface area contributed by atoms with Crippen LogP contribution < -0.4 is 0 Å². The van der Waals surface area contributed by atoms with Crippen LogP contribution in [0.25, 0.3) is 33.5 Å². The lowest BCUT2D eigenvalue weighted by Gasteiger charge is -2.21. The predicted octanol–water partition coefficient (Wildman–Crippen LogP) is 7.58. The molecule has 5 rings (SSSR count). The van der Waals surface area contributed by atoms with Crippen LogP contribution in [0.1, 0.15) is 40.2 Å². The van der Waals surface area contributed by atoms with Gasteiger partial charge in [0.1, 0.15) is 0 Å². The van der Waals surface area contributed by atoms with Crippen LogP contribution in [0.3, 0.4) is 0 Å². The molecule has 0 spiro atoms. The van der Waals surface area contributed by atoms with Gasteiger partial charge in [-0.25, -0.2) is 0 Å². The quantitative estimate of drug-likeness (QED) is 0.309. The van der Waals surface area contributed by atoms with Crippen molar-refractivity contribution in [2.75, 3.05) is 0 Å². The molecule has 1 aromatic heterocycles. The van der Waals surface area contributed by atoms with E-state index in [1.807, 2.05) is 63.4 Å². The molecule has 1 heterocycles. The standard InChI is InChI=1S/C29H27N/c1-29(2,3)18-22-17-28(30-19-27(22)20-10-5-4-6-11-20)25-15-9-14-24-23-13-8-7-12-21(23)16-26(24)25/h4-15,17,19H,16,18H2,1-3H3/i18D2.